The monoisotopic (exact) mass is 324 g/mol. The van der Waals surface area contributed by atoms with Gasteiger partial charge in [0.15, 0.2) is 0 Å². The summed E-state index contributed by atoms with van der Waals surface area (Å²) in [5.41, 5.74) is 0.754. The summed E-state index contributed by atoms with van der Waals surface area (Å²) in [5, 5.41) is 4.97. The SMILES string of the molecule is Cc1ccc(NC(=O)C(=O)NCCC[NH+]2CCOCC2)cc1F. The van der Waals surface area contributed by atoms with E-state index in [9.17, 15) is 14.0 Å². The molecule has 1 aliphatic heterocycles. The van der Waals surface area contributed by atoms with Gasteiger partial charge in [0, 0.05) is 18.7 Å². The molecule has 3 N–H and O–H groups in total. The number of quaternary nitrogens is 1. The van der Waals surface area contributed by atoms with Crippen molar-refractivity contribution in [2.24, 2.45) is 0 Å². The second-order valence-corrected chi connectivity index (χ2v) is 5.64. The van der Waals surface area contributed by atoms with Crippen LogP contribution in [0.15, 0.2) is 18.2 Å². The molecule has 2 amide bonds. The van der Waals surface area contributed by atoms with Crippen molar-refractivity contribution in [1.29, 1.82) is 0 Å². The van der Waals surface area contributed by atoms with Crippen LogP contribution in [0.5, 0.6) is 0 Å². The van der Waals surface area contributed by atoms with Gasteiger partial charge in [-0.25, -0.2) is 4.39 Å². The van der Waals surface area contributed by atoms with E-state index in [1.165, 1.54) is 11.0 Å². The van der Waals surface area contributed by atoms with Gasteiger partial charge >= 0.3 is 11.8 Å². The molecule has 2 rings (SSSR count). The van der Waals surface area contributed by atoms with Crippen molar-refractivity contribution < 1.29 is 23.6 Å². The number of morpholine rings is 1. The second kappa shape index (κ2) is 8.59. The number of amides is 2. The average Bonchev–Trinajstić information content (AvgIpc) is 2.55. The highest BCUT2D eigenvalue weighted by Gasteiger charge is 2.15. The molecule has 1 aromatic rings. The lowest BCUT2D eigenvalue weighted by Crippen LogP contribution is -3.14. The Morgan fingerprint density at radius 3 is 2.70 bits per heavy atom. The fraction of sp³-hybridized carbons (Fsp3) is 0.500. The third-order valence-electron chi connectivity index (χ3n) is 3.83. The molecule has 0 spiro atoms. The van der Waals surface area contributed by atoms with Gasteiger partial charge in [-0.1, -0.05) is 6.07 Å². The van der Waals surface area contributed by atoms with Gasteiger partial charge in [0.05, 0.1) is 19.8 Å². The Kier molecular flexibility index (Phi) is 6.49. The molecule has 0 unspecified atom stereocenters. The van der Waals surface area contributed by atoms with Crippen LogP contribution in [0.25, 0.3) is 0 Å². The molecule has 0 bridgehead atoms. The summed E-state index contributed by atoms with van der Waals surface area (Å²) in [6.07, 6.45) is 0.799. The Hall–Kier alpha value is -1.99. The Morgan fingerprint density at radius 1 is 1.26 bits per heavy atom. The predicted molar refractivity (Wildman–Crippen MR) is 83.8 cm³/mol. The van der Waals surface area contributed by atoms with E-state index in [0.29, 0.717) is 12.1 Å². The van der Waals surface area contributed by atoms with E-state index in [1.54, 1.807) is 19.1 Å². The average molecular weight is 324 g/mol. The quantitative estimate of drug-likeness (QED) is 0.505. The van der Waals surface area contributed by atoms with Crippen LogP contribution in [0.4, 0.5) is 10.1 Å². The van der Waals surface area contributed by atoms with Crippen molar-refractivity contribution in [3.8, 4) is 0 Å². The number of rotatable bonds is 5. The zero-order valence-electron chi connectivity index (χ0n) is 13.3. The first kappa shape index (κ1) is 17.4. The molecule has 1 aliphatic rings. The van der Waals surface area contributed by atoms with Gasteiger partial charge in [0.1, 0.15) is 18.9 Å². The number of benzene rings is 1. The van der Waals surface area contributed by atoms with Crippen LogP contribution in [0, 0.1) is 12.7 Å². The van der Waals surface area contributed by atoms with Gasteiger partial charge in [-0.3, -0.25) is 9.59 Å². The molecular weight excluding hydrogens is 301 g/mol. The van der Waals surface area contributed by atoms with Crippen molar-refractivity contribution in [3.05, 3.63) is 29.6 Å². The first-order valence-corrected chi connectivity index (χ1v) is 7.83. The Morgan fingerprint density at radius 2 is 2.00 bits per heavy atom. The number of ether oxygens (including phenoxy) is 1. The summed E-state index contributed by atoms with van der Waals surface area (Å²) in [6.45, 7) is 6.52. The van der Waals surface area contributed by atoms with Crippen LogP contribution in [0.2, 0.25) is 0 Å². The lowest BCUT2D eigenvalue weighted by molar-refractivity contribution is -0.908. The van der Waals surface area contributed by atoms with Gasteiger partial charge in [0.2, 0.25) is 0 Å². The van der Waals surface area contributed by atoms with Crippen LogP contribution in [0.3, 0.4) is 0 Å². The maximum atomic E-state index is 13.4. The zero-order valence-corrected chi connectivity index (χ0v) is 13.3. The van der Waals surface area contributed by atoms with E-state index < -0.39 is 17.6 Å². The number of halogens is 1. The van der Waals surface area contributed by atoms with Gasteiger partial charge in [-0.15, -0.1) is 0 Å². The van der Waals surface area contributed by atoms with Crippen molar-refractivity contribution >= 4 is 17.5 Å². The van der Waals surface area contributed by atoms with E-state index in [-0.39, 0.29) is 5.69 Å². The number of aryl methyl sites for hydroxylation is 1. The molecule has 1 fully saturated rings. The van der Waals surface area contributed by atoms with Gasteiger partial charge < -0.3 is 20.3 Å². The number of hydrogen-bond acceptors (Lipinski definition) is 3. The number of carbonyl (C=O) groups excluding carboxylic acids is 2. The van der Waals surface area contributed by atoms with E-state index in [1.807, 2.05) is 0 Å². The molecule has 1 saturated heterocycles. The van der Waals surface area contributed by atoms with Gasteiger partial charge in [-0.2, -0.15) is 0 Å². The molecule has 0 aliphatic carbocycles. The largest absolute Gasteiger partial charge is 0.370 e. The number of hydrogen-bond donors (Lipinski definition) is 3. The van der Waals surface area contributed by atoms with Crippen LogP contribution in [0.1, 0.15) is 12.0 Å². The van der Waals surface area contributed by atoms with Crippen molar-refractivity contribution in [1.82, 2.24) is 5.32 Å². The number of nitrogens with one attached hydrogen (secondary N) is 3. The minimum atomic E-state index is -0.785. The highest BCUT2D eigenvalue weighted by atomic mass is 19.1. The molecular formula is C16H23FN3O3+. The first-order chi connectivity index (χ1) is 11.1. The standard InChI is InChI=1S/C16H22FN3O3/c1-12-3-4-13(11-14(12)17)19-16(22)15(21)18-5-2-6-20-7-9-23-10-8-20/h3-4,11H,2,5-10H2,1H3,(H,18,21)(H,19,22)/p+1. The molecule has 1 heterocycles. The van der Waals surface area contributed by atoms with E-state index in [2.05, 4.69) is 10.6 Å². The third-order valence-corrected chi connectivity index (χ3v) is 3.83. The molecule has 0 aromatic heterocycles. The lowest BCUT2D eigenvalue weighted by Gasteiger charge is -2.23. The summed E-state index contributed by atoms with van der Waals surface area (Å²) in [5.74, 6) is -1.91. The topological polar surface area (TPSA) is 71.9 Å². The predicted octanol–water partition coefficient (Wildman–Crippen LogP) is -0.506. The van der Waals surface area contributed by atoms with Crippen LogP contribution >= 0.6 is 0 Å². The molecule has 126 valence electrons. The summed E-state index contributed by atoms with van der Waals surface area (Å²) in [7, 11) is 0. The molecule has 1 aromatic carbocycles. The maximum Gasteiger partial charge on any atom is 0.313 e. The minimum Gasteiger partial charge on any atom is -0.370 e. The number of anilines is 1. The summed E-state index contributed by atoms with van der Waals surface area (Å²) in [4.78, 5) is 24.9. The second-order valence-electron chi connectivity index (χ2n) is 5.64. The summed E-state index contributed by atoms with van der Waals surface area (Å²) >= 11 is 0. The van der Waals surface area contributed by atoms with Crippen molar-refractivity contribution in [2.75, 3.05) is 44.7 Å². The molecule has 7 heteroatoms. The molecule has 23 heavy (non-hydrogen) atoms. The van der Waals surface area contributed by atoms with Crippen LogP contribution in [-0.4, -0.2) is 51.2 Å². The third kappa shape index (κ3) is 5.61. The molecule has 0 atom stereocenters. The van der Waals surface area contributed by atoms with E-state index in [4.69, 9.17) is 4.74 Å². The smallest absolute Gasteiger partial charge is 0.313 e. The van der Waals surface area contributed by atoms with Crippen molar-refractivity contribution in [2.45, 2.75) is 13.3 Å². The molecule has 0 radical (unpaired) electrons. The fourth-order valence-corrected chi connectivity index (χ4v) is 2.39. The highest BCUT2D eigenvalue weighted by Crippen LogP contribution is 2.13. The Bertz CT molecular complexity index is 560. The number of carbonyl (C=O) groups is 2. The lowest BCUT2D eigenvalue weighted by atomic mass is 10.2. The van der Waals surface area contributed by atoms with Crippen LogP contribution < -0.4 is 15.5 Å². The van der Waals surface area contributed by atoms with Crippen molar-refractivity contribution in [3.63, 3.8) is 0 Å². The summed E-state index contributed by atoms with van der Waals surface area (Å²) < 4.78 is 18.7. The normalized spacial score (nSPS) is 15.2. The Labute approximate surface area is 135 Å². The van der Waals surface area contributed by atoms with Gasteiger partial charge in [0.25, 0.3) is 0 Å². The Balaban J connectivity index is 1.68. The zero-order chi connectivity index (χ0) is 16.7. The van der Waals surface area contributed by atoms with Crippen LogP contribution in [-0.2, 0) is 14.3 Å². The first-order valence-electron chi connectivity index (χ1n) is 7.83. The van der Waals surface area contributed by atoms with E-state index in [0.717, 1.165) is 39.3 Å². The molecule has 0 saturated carbocycles. The maximum absolute atomic E-state index is 13.4. The highest BCUT2D eigenvalue weighted by molar-refractivity contribution is 6.39. The molecule has 6 nitrogen and oxygen atoms in total. The summed E-state index contributed by atoms with van der Waals surface area (Å²) in [6, 6.07) is 4.31. The fourth-order valence-electron chi connectivity index (χ4n) is 2.39. The van der Waals surface area contributed by atoms with Gasteiger partial charge in [-0.05, 0) is 24.6 Å². The van der Waals surface area contributed by atoms with E-state index >= 15 is 0 Å². The minimum absolute atomic E-state index is 0.269.